The molecule has 1 aromatic heterocycles. The van der Waals surface area contributed by atoms with Crippen LogP contribution in [-0.2, 0) is 16.0 Å². The summed E-state index contributed by atoms with van der Waals surface area (Å²) in [6, 6.07) is 5.98. The molecule has 1 saturated heterocycles. The third-order valence-corrected chi connectivity index (χ3v) is 4.88. The highest BCUT2D eigenvalue weighted by Gasteiger charge is 2.23. The molecule has 2 heterocycles. The molecule has 2 amide bonds. The molecule has 0 spiro atoms. The Labute approximate surface area is 175 Å². The Morgan fingerprint density at radius 2 is 1.83 bits per heavy atom. The average molecular weight is 417 g/mol. The van der Waals surface area contributed by atoms with Crippen LogP contribution in [0.25, 0.3) is 11.3 Å². The molecule has 30 heavy (non-hydrogen) atoms. The van der Waals surface area contributed by atoms with Gasteiger partial charge in [0, 0.05) is 44.6 Å². The monoisotopic (exact) mass is 417 g/mol. The summed E-state index contributed by atoms with van der Waals surface area (Å²) in [6.07, 6.45) is 2.65. The normalized spacial score (nSPS) is 14.7. The van der Waals surface area contributed by atoms with E-state index in [-0.39, 0.29) is 30.2 Å². The number of carbonyl (C=O) groups excluding carboxylic acids is 2. The second kappa shape index (κ2) is 10.2. The smallest absolute Gasteiger partial charge is 0.409 e. The first-order valence-electron chi connectivity index (χ1n) is 10.3. The van der Waals surface area contributed by atoms with Gasteiger partial charge in [-0.2, -0.15) is 0 Å². The molecule has 162 valence electrons. The number of hydrogen-bond donors (Lipinski definition) is 0. The fourth-order valence-corrected chi connectivity index (χ4v) is 3.22. The first kappa shape index (κ1) is 21.8. The second-order valence-corrected chi connectivity index (χ2v) is 7.82. The predicted molar refractivity (Wildman–Crippen MR) is 109 cm³/mol. The fraction of sp³-hybridized carbons (Fsp3) is 0.500. The lowest BCUT2D eigenvalue weighted by atomic mass is 10.2. The minimum atomic E-state index is -0.314. The minimum Gasteiger partial charge on any atom is -0.449 e. The van der Waals surface area contributed by atoms with Crippen LogP contribution in [0.4, 0.5) is 9.18 Å². The largest absolute Gasteiger partial charge is 0.449 e. The Kier molecular flexibility index (Phi) is 7.43. The average Bonchev–Trinajstić information content (AvgIpc) is 3.06. The van der Waals surface area contributed by atoms with Gasteiger partial charge < -0.3 is 19.0 Å². The van der Waals surface area contributed by atoms with Crippen molar-refractivity contribution >= 4 is 12.0 Å². The molecule has 0 aliphatic carbocycles. The van der Waals surface area contributed by atoms with Crippen molar-refractivity contribution in [3.63, 3.8) is 0 Å². The summed E-state index contributed by atoms with van der Waals surface area (Å²) in [5.41, 5.74) is 0.735. The van der Waals surface area contributed by atoms with Gasteiger partial charge in [-0.15, -0.1) is 0 Å². The predicted octanol–water partition coefficient (Wildman–Crippen LogP) is 3.74. The lowest BCUT2D eigenvalue weighted by molar-refractivity contribution is -0.131. The molecule has 0 unspecified atom stereocenters. The number of hydrogen-bond acceptors (Lipinski definition) is 5. The highest BCUT2D eigenvalue weighted by atomic mass is 19.1. The SMILES string of the molecule is CC(C)COC(=O)N1CCCN(C(=O)CCc2ncc(-c3ccc(F)cc3)o2)CC1. The van der Waals surface area contributed by atoms with E-state index in [2.05, 4.69) is 4.98 Å². The van der Waals surface area contributed by atoms with E-state index in [9.17, 15) is 14.0 Å². The van der Waals surface area contributed by atoms with Crippen molar-refractivity contribution in [2.45, 2.75) is 33.1 Å². The van der Waals surface area contributed by atoms with Crippen LogP contribution in [0, 0.1) is 11.7 Å². The summed E-state index contributed by atoms with van der Waals surface area (Å²) in [5.74, 6) is 0.999. The van der Waals surface area contributed by atoms with Crippen molar-refractivity contribution in [2.75, 3.05) is 32.8 Å². The van der Waals surface area contributed by atoms with Crippen molar-refractivity contribution in [1.82, 2.24) is 14.8 Å². The molecule has 0 saturated carbocycles. The van der Waals surface area contributed by atoms with Gasteiger partial charge in [-0.05, 0) is 36.6 Å². The first-order valence-corrected chi connectivity index (χ1v) is 10.3. The zero-order valence-corrected chi connectivity index (χ0v) is 17.5. The number of benzene rings is 1. The van der Waals surface area contributed by atoms with Crippen molar-refractivity contribution in [3.8, 4) is 11.3 Å². The van der Waals surface area contributed by atoms with Crippen LogP contribution in [0.2, 0.25) is 0 Å². The van der Waals surface area contributed by atoms with Gasteiger partial charge in [-0.3, -0.25) is 4.79 Å². The summed E-state index contributed by atoms with van der Waals surface area (Å²) < 4.78 is 24.0. The van der Waals surface area contributed by atoms with Gasteiger partial charge in [0.1, 0.15) is 5.82 Å². The molecule has 1 aliphatic heterocycles. The van der Waals surface area contributed by atoms with Crippen molar-refractivity contribution in [2.24, 2.45) is 5.92 Å². The number of halogens is 1. The van der Waals surface area contributed by atoms with Gasteiger partial charge in [-0.1, -0.05) is 13.8 Å². The van der Waals surface area contributed by atoms with Gasteiger partial charge in [0.2, 0.25) is 5.91 Å². The molecule has 0 atom stereocenters. The van der Waals surface area contributed by atoms with E-state index in [1.54, 1.807) is 28.1 Å². The highest BCUT2D eigenvalue weighted by molar-refractivity contribution is 5.76. The first-order chi connectivity index (χ1) is 14.4. The Bertz CT molecular complexity index is 850. The number of aromatic nitrogens is 1. The molecule has 3 rings (SSSR count). The Balaban J connectivity index is 1.47. The summed E-state index contributed by atoms with van der Waals surface area (Å²) in [5, 5.41) is 0. The number of ether oxygens (including phenoxy) is 1. The van der Waals surface area contributed by atoms with Crippen LogP contribution in [-0.4, -0.2) is 59.6 Å². The molecule has 0 bridgehead atoms. The quantitative estimate of drug-likeness (QED) is 0.716. The van der Waals surface area contributed by atoms with Crippen molar-refractivity contribution in [3.05, 3.63) is 42.2 Å². The number of aryl methyl sites for hydroxylation is 1. The molecule has 7 nitrogen and oxygen atoms in total. The molecular formula is C22H28FN3O4. The molecule has 0 radical (unpaired) electrons. The Hall–Kier alpha value is -2.90. The number of nitrogens with zero attached hydrogens (tertiary/aromatic N) is 3. The van der Waals surface area contributed by atoms with Crippen LogP contribution in [0.15, 0.2) is 34.9 Å². The maximum Gasteiger partial charge on any atom is 0.409 e. The molecule has 2 aromatic rings. The van der Waals surface area contributed by atoms with E-state index in [4.69, 9.17) is 9.15 Å². The van der Waals surface area contributed by atoms with Crippen LogP contribution in [0.5, 0.6) is 0 Å². The molecule has 1 fully saturated rings. The number of oxazole rings is 1. The van der Waals surface area contributed by atoms with Crippen LogP contribution in [0.3, 0.4) is 0 Å². The molecule has 0 N–H and O–H groups in total. The van der Waals surface area contributed by atoms with E-state index in [0.717, 1.165) is 12.0 Å². The van der Waals surface area contributed by atoms with Gasteiger partial charge in [0.15, 0.2) is 11.7 Å². The van der Waals surface area contributed by atoms with E-state index < -0.39 is 0 Å². The molecular weight excluding hydrogens is 389 g/mol. The van der Waals surface area contributed by atoms with E-state index >= 15 is 0 Å². The lowest BCUT2D eigenvalue weighted by Crippen LogP contribution is -2.38. The zero-order chi connectivity index (χ0) is 21.5. The van der Waals surface area contributed by atoms with Gasteiger partial charge in [-0.25, -0.2) is 14.2 Å². The second-order valence-electron chi connectivity index (χ2n) is 7.82. The summed E-state index contributed by atoms with van der Waals surface area (Å²) in [4.78, 5) is 32.4. The number of rotatable bonds is 6. The van der Waals surface area contributed by atoms with Crippen LogP contribution in [0.1, 0.15) is 32.6 Å². The standard InChI is InChI=1S/C22H28FN3O4/c1-16(2)15-29-22(28)26-11-3-10-25(12-13-26)21(27)9-8-20-24-14-19(30-20)17-4-6-18(23)7-5-17/h4-7,14,16H,3,8-13,15H2,1-2H3. The maximum atomic E-state index is 13.0. The van der Waals surface area contributed by atoms with Crippen molar-refractivity contribution in [1.29, 1.82) is 0 Å². The Morgan fingerprint density at radius 1 is 1.13 bits per heavy atom. The molecule has 8 heteroatoms. The number of carbonyl (C=O) groups is 2. The topological polar surface area (TPSA) is 75.9 Å². The van der Waals surface area contributed by atoms with Gasteiger partial charge in [0.05, 0.1) is 12.8 Å². The minimum absolute atomic E-state index is 0.00827. The Morgan fingerprint density at radius 3 is 2.57 bits per heavy atom. The fourth-order valence-electron chi connectivity index (χ4n) is 3.22. The lowest BCUT2D eigenvalue weighted by Gasteiger charge is -2.22. The number of amides is 2. The van der Waals surface area contributed by atoms with Gasteiger partial charge in [0.25, 0.3) is 0 Å². The molecule has 1 aliphatic rings. The summed E-state index contributed by atoms with van der Waals surface area (Å²) in [6.45, 7) is 6.53. The van der Waals surface area contributed by atoms with Crippen LogP contribution >= 0.6 is 0 Å². The highest BCUT2D eigenvalue weighted by Crippen LogP contribution is 2.21. The molecule has 1 aromatic carbocycles. The third kappa shape index (κ3) is 6.05. The van der Waals surface area contributed by atoms with Crippen LogP contribution < -0.4 is 0 Å². The van der Waals surface area contributed by atoms with E-state index in [0.29, 0.717) is 50.9 Å². The van der Waals surface area contributed by atoms with E-state index in [1.165, 1.54) is 12.1 Å². The zero-order valence-electron chi connectivity index (χ0n) is 17.5. The van der Waals surface area contributed by atoms with Crippen molar-refractivity contribution < 1.29 is 23.1 Å². The third-order valence-electron chi connectivity index (χ3n) is 4.88. The summed E-state index contributed by atoms with van der Waals surface area (Å²) in [7, 11) is 0. The van der Waals surface area contributed by atoms with Gasteiger partial charge >= 0.3 is 6.09 Å². The van der Waals surface area contributed by atoms with E-state index in [1.807, 2.05) is 13.8 Å². The summed E-state index contributed by atoms with van der Waals surface area (Å²) >= 11 is 0. The maximum absolute atomic E-state index is 13.0.